The first-order valence-corrected chi connectivity index (χ1v) is 7.73. The van der Waals surface area contributed by atoms with E-state index in [1.165, 1.54) is 31.2 Å². The predicted molar refractivity (Wildman–Crippen MR) is 80.5 cm³/mol. The van der Waals surface area contributed by atoms with Crippen LogP contribution in [-0.2, 0) is 4.74 Å². The van der Waals surface area contributed by atoms with Crippen LogP contribution in [0.15, 0.2) is 30.3 Å². The van der Waals surface area contributed by atoms with Gasteiger partial charge in [0.2, 0.25) is 0 Å². The number of benzene rings is 1. The molecule has 1 aromatic carbocycles. The summed E-state index contributed by atoms with van der Waals surface area (Å²) in [4.78, 5) is 0. The van der Waals surface area contributed by atoms with Crippen LogP contribution in [0.2, 0.25) is 0 Å². The Kier molecular flexibility index (Phi) is 6.38. The van der Waals surface area contributed by atoms with Crippen LogP contribution in [0.25, 0.3) is 0 Å². The van der Waals surface area contributed by atoms with E-state index < -0.39 is 0 Å². The molecule has 0 saturated carbocycles. The smallest absolute Gasteiger partial charge is 0.0494 e. The van der Waals surface area contributed by atoms with Crippen LogP contribution in [0.5, 0.6) is 0 Å². The Hall–Kier alpha value is -0.860. The Bertz CT molecular complexity index is 332. The Balaban J connectivity index is 1.92. The molecule has 2 rings (SSSR count). The summed E-state index contributed by atoms with van der Waals surface area (Å²) in [7, 11) is 0. The fourth-order valence-electron chi connectivity index (χ4n) is 2.91. The van der Waals surface area contributed by atoms with Gasteiger partial charge < -0.3 is 10.1 Å². The first kappa shape index (κ1) is 14.5. The first-order valence-electron chi connectivity index (χ1n) is 7.73. The normalized spacial score (nSPS) is 21.2. The third-order valence-electron chi connectivity index (χ3n) is 3.96. The van der Waals surface area contributed by atoms with Crippen molar-refractivity contribution in [3.63, 3.8) is 0 Å². The highest BCUT2D eigenvalue weighted by atomic mass is 16.5. The minimum atomic E-state index is 0.624. The van der Waals surface area contributed by atoms with E-state index in [-0.39, 0.29) is 0 Å². The van der Waals surface area contributed by atoms with Gasteiger partial charge in [-0.25, -0.2) is 0 Å². The zero-order valence-corrected chi connectivity index (χ0v) is 12.1. The molecule has 0 aromatic heterocycles. The first-order chi connectivity index (χ1) is 9.40. The quantitative estimate of drug-likeness (QED) is 0.757. The zero-order chi connectivity index (χ0) is 13.3. The highest BCUT2D eigenvalue weighted by Gasteiger charge is 2.20. The molecule has 1 saturated heterocycles. The number of rotatable bonds is 7. The molecule has 2 atom stereocenters. The topological polar surface area (TPSA) is 21.3 Å². The second-order valence-electron chi connectivity index (χ2n) is 5.63. The average Bonchev–Trinajstić information content (AvgIpc) is 2.48. The molecular formula is C17H27NO. The fraction of sp³-hybridized carbons (Fsp3) is 0.647. The van der Waals surface area contributed by atoms with Gasteiger partial charge in [-0.3, -0.25) is 0 Å². The molecule has 0 spiro atoms. The maximum atomic E-state index is 5.62. The fourth-order valence-corrected chi connectivity index (χ4v) is 2.91. The minimum absolute atomic E-state index is 0.624. The number of nitrogens with one attached hydrogen (secondary N) is 1. The molecule has 2 unspecified atom stereocenters. The van der Waals surface area contributed by atoms with Gasteiger partial charge in [-0.15, -0.1) is 0 Å². The maximum Gasteiger partial charge on any atom is 0.0494 e. The maximum absolute atomic E-state index is 5.62. The summed E-state index contributed by atoms with van der Waals surface area (Å²) >= 11 is 0. The van der Waals surface area contributed by atoms with E-state index in [9.17, 15) is 0 Å². The van der Waals surface area contributed by atoms with E-state index in [1.807, 2.05) is 0 Å². The predicted octanol–water partition coefficient (Wildman–Crippen LogP) is 3.59. The largest absolute Gasteiger partial charge is 0.381 e. The van der Waals surface area contributed by atoms with Crippen molar-refractivity contribution in [2.45, 2.75) is 38.5 Å². The van der Waals surface area contributed by atoms with E-state index in [0.717, 1.165) is 32.2 Å². The third-order valence-corrected chi connectivity index (χ3v) is 3.96. The van der Waals surface area contributed by atoms with Gasteiger partial charge in [-0.2, -0.15) is 0 Å². The molecule has 0 radical (unpaired) electrons. The van der Waals surface area contributed by atoms with Crippen LogP contribution in [0.4, 0.5) is 0 Å². The van der Waals surface area contributed by atoms with E-state index in [0.29, 0.717) is 5.92 Å². The SMILES string of the molecule is CCCNCC(CC1CCCOC1)c1ccccc1. The minimum Gasteiger partial charge on any atom is -0.381 e. The molecule has 2 heteroatoms. The van der Waals surface area contributed by atoms with Gasteiger partial charge in [0.1, 0.15) is 0 Å². The molecule has 1 fully saturated rings. The van der Waals surface area contributed by atoms with E-state index >= 15 is 0 Å². The summed E-state index contributed by atoms with van der Waals surface area (Å²) in [5.41, 5.74) is 1.47. The molecule has 1 aliphatic rings. The summed E-state index contributed by atoms with van der Waals surface area (Å²) in [6, 6.07) is 10.9. The van der Waals surface area contributed by atoms with Gasteiger partial charge in [0, 0.05) is 19.8 Å². The van der Waals surface area contributed by atoms with E-state index in [1.54, 1.807) is 0 Å². The highest BCUT2D eigenvalue weighted by molar-refractivity contribution is 5.20. The number of hydrogen-bond donors (Lipinski definition) is 1. The van der Waals surface area contributed by atoms with Crippen LogP contribution in [0, 0.1) is 5.92 Å². The van der Waals surface area contributed by atoms with Crippen LogP contribution in [0.1, 0.15) is 44.1 Å². The van der Waals surface area contributed by atoms with E-state index in [2.05, 4.69) is 42.6 Å². The molecule has 0 aliphatic carbocycles. The van der Waals surface area contributed by atoms with Crippen molar-refractivity contribution in [2.24, 2.45) is 5.92 Å². The Morgan fingerprint density at radius 3 is 2.84 bits per heavy atom. The summed E-state index contributed by atoms with van der Waals surface area (Å²) in [5.74, 6) is 1.36. The zero-order valence-electron chi connectivity index (χ0n) is 12.1. The van der Waals surface area contributed by atoms with Gasteiger partial charge >= 0.3 is 0 Å². The van der Waals surface area contributed by atoms with Crippen molar-refractivity contribution in [3.8, 4) is 0 Å². The number of ether oxygens (including phenoxy) is 1. The lowest BCUT2D eigenvalue weighted by molar-refractivity contribution is 0.0489. The lowest BCUT2D eigenvalue weighted by Gasteiger charge is -2.27. The molecule has 106 valence electrons. The Morgan fingerprint density at radius 1 is 1.32 bits per heavy atom. The van der Waals surface area contributed by atoms with Crippen molar-refractivity contribution < 1.29 is 4.74 Å². The van der Waals surface area contributed by atoms with Crippen LogP contribution in [0.3, 0.4) is 0 Å². The van der Waals surface area contributed by atoms with Crippen molar-refractivity contribution in [1.29, 1.82) is 0 Å². The Morgan fingerprint density at radius 2 is 2.16 bits per heavy atom. The molecule has 1 N–H and O–H groups in total. The van der Waals surface area contributed by atoms with Crippen LogP contribution in [-0.4, -0.2) is 26.3 Å². The molecule has 1 aromatic rings. The van der Waals surface area contributed by atoms with Gasteiger partial charge in [0.25, 0.3) is 0 Å². The molecular weight excluding hydrogens is 234 g/mol. The van der Waals surface area contributed by atoms with Gasteiger partial charge in [-0.1, -0.05) is 37.3 Å². The van der Waals surface area contributed by atoms with Crippen molar-refractivity contribution in [2.75, 3.05) is 26.3 Å². The van der Waals surface area contributed by atoms with Crippen molar-refractivity contribution >= 4 is 0 Å². The molecule has 0 bridgehead atoms. The summed E-state index contributed by atoms with van der Waals surface area (Å²) in [6.07, 6.45) is 5.01. The molecule has 19 heavy (non-hydrogen) atoms. The molecule has 1 aliphatic heterocycles. The monoisotopic (exact) mass is 261 g/mol. The van der Waals surface area contributed by atoms with Crippen molar-refractivity contribution in [3.05, 3.63) is 35.9 Å². The average molecular weight is 261 g/mol. The second-order valence-corrected chi connectivity index (χ2v) is 5.63. The molecule has 1 heterocycles. The standard InChI is InChI=1S/C17H27NO/c1-2-10-18-13-17(16-8-4-3-5-9-16)12-15-7-6-11-19-14-15/h3-5,8-9,15,17-18H,2,6-7,10-14H2,1H3. The number of hydrogen-bond acceptors (Lipinski definition) is 2. The summed E-state index contributed by atoms with van der Waals surface area (Å²) < 4.78 is 5.62. The van der Waals surface area contributed by atoms with Gasteiger partial charge in [0.05, 0.1) is 0 Å². The molecule has 0 amide bonds. The third kappa shape index (κ3) is 4.96. The van der Waals surface area contributed by atoms with Gasteiger partial charge in [0.15, 0.2) is 0 Å². The van der Waals surface area contributed by atoms with Crippen molar-refractivity contribution in [1.82, 2.24) is 5.32 Å². The lowest BCUT2D eigenvalue weighted by atomic mass is 9.86. The van der Waals surface area contributed by atoms with E-state index in [4.69, 9.17) is 4.74 Å². The Labute approximate surface area is 117 Å². The van der Waals surface area contributed by atoms with Crippen LogP contribution < -0.4 is 5.32 Å². The summed E-state index contributed by atoms with van der Waals surface area (Å²) in [5, 5.41) is 3.58. The highest BCUT2D eigenvalue weighted by Crippen LogP contribution is 2.27. The lowest BCUT2D eigenvalue weighted by Crippen LogP contribution is -2.26. The summed E-state index contributed by atoms with van der Waals surface area (Å²) in [6.45, 7) is 6.34. The van der Waals surface area contributed by atoms with Crippen LogP contribution >= 0.6 is 0 Å². The van der Waals surface area contributed by atoms with Gasteiger partial charge in [-0.05, 0) is 49.6 Å². The molecule has 2 nitrogen and oxygen atoms in total. The second kappa shape index (κ2) is 8.34.